The summed E-state index contributed by atoms with van der Waals surface area (Å²) in [6.07, 6.45) is 3.47. The lowest BCUT2D eigenvalue weighted by atomic mass is 10.2. The Hall–Kier alpha value is -2.02. The Labute approximate surface area is 118 Å². The van der Waals surface area contributed by atoms with E-state index in [4.69, 9.17) is 5.11 Å². The van der Waals surface area contributed by atoms with E-state index in [-0.39, 0.29) is 18.0 Å². The number of carboxylic acid groups (broad SMARTS) is 1. The molecule has 0 saturated carbocycles. The molecule has 0 aliphatic heterocycles. The normalized spacial score (nSPS) is 10.6. The van der Waals surface area contributed by atoms with Crippen LogP contribution in [0.5, 0.6) is 0 Å². The van der Waals surface area contributed by atoms with Crippen LogP contribution in [0.3, 0.4) is 0 Å². The number of nitrogens with zero attached hydrogens (tertiary/aromatic N) is 4. The van der Waals surface area contributed by atoms with E-state index in [1.165, 1.54) is 17.4 Å². The van der Waals surface area contributed by atoms with Crippen LogP contribution >= 0.6 is 0 Å². The fraction of sp³-hybridized carbons (Fsp3) is 0.538. The van der Waals surface area contributed by atoms with Gasteiger partial charge in [-0.15, -0.1) is 0 Å². The molecule has 1 heterocycles. The molecule has 0 saturated heterocycles. The summed E-state index contributed by atoms with van der Waals surface area (Å²) in [5, 5.41) is 9.10. The highest BCUT2D eigenvalue weighted by Gasteiger charge is 2.17. The standard InChI is InChI=1S/C13H20N4O3/c1-4-5-17(8-12(18)16(2)3)7-11-10(13(19)20)6-14-9-15-11/h6,9H,4-5,7-8H2,1-3H3,(H,19,20). The molecule has 0 aromatic carbocycles. The average Bonchev–Trinajstić information content (AvgIpc) is 2.39. The molecule has 0 spiro atoms. The summed E-state index contributed by atoms with van der Waals surface area (Å²) < 4.78 is 0. The number of hydrogen-bond acceptors (Lipinski definition) is 5. The van der Waals surface area contributed by atoms with Gasteiger partial charge in [0.25, 0.3) is 0 Å². The molecule has 1 amide bonds. The number of carbonyl (C=O) groups excluding carboxylic acids is 1. The van der Waals surface area contributed by atoms with Gasteiger partial charge >= 0.3 is 5.97 Å². The van der Waals surface area contributed by atoms with Gasteiger partial charge in [-0.1, -0.05) is 6.92 Å². The summed E-state index contributed by atoms with van der Waals surface area (Å²) in [6.45, 7) is 3.26. The first-order chi connectivity index (χ1) is 9.45. The zero-order valence-corrected chi connectivity index (χ0v) is 12.0. The van der Waals surface area contributed by atoms with Crippen molar-refractivity contribution in [2.45, 2.75) is 19.9 Å². The number of carbonyl (C=O) groups is 2. The molecule has 0 radical (unpaired) electrons. The number of aromatic carboxylic acids is 1. The minimum absolute atomic E-state index is 0.0237. The molecule has 1 rings (SSSR count). The summed E-state index contributed by atoms with van der Waals surface area (Å²) in [4.78, 5) is 34.0. The van der Waals surface area contributed by atoms with Crippen LogP contribution in [0.25, 0.3) is 0 Å². The van der Waals surface area contributed by atoms with Crippen LogP contribution in [0.1, 0.15) is 29.4 Å². The summed E-state index contributed by atoms with van der Waals surface area (Å²) in [5.74, 6) is -1.08. The predicted molar refractivity (Wildman–Crippen MR) is 73.3 cm³/mol. The van der Waals surface area contributed by atoms with Crippen LogP contribution in [0.15, 0.2) is 12.5 Å². The van der Waals surface area contributed by atoms with Crippen molar-refractivity contribution in [1.29, 1.82) is 0 Å². The zero-order chi connectivity index (χ0) is 15.1. The molecule has 0 fully saturated rings. The summed E-state index contributed by atoms with van der Waals surface area (Å²) in [7, 11) is 3.39. The largest absolute Gasteiger partial charge is 0.478 e. The average molecular weight is 280 g/mol. The van der Waals surface area contributed by atoms with Crippen LogP contribution in [0.4, 0.5) is 0 Å². The molecular weight excluding hydrogens is 260 g/mol. The Morgan fingerprint density at radius 1 is 1.35 bits per heavy atom. The fourth-order valence-corrected chi connectivity index (χ4v) is 1.73. The van der Waals surface area contributed by atoms with Crippen molar-refractivity contribution in [2.75, 3.05) is 27.2 Å². The van der Waals surface area contributed by atoms with Crippen LogP contribution in [-0.4, -0.2) is 63.9 Å². The van der Waals surface area contributed by atoms with Crippen molar-refractivity contribution in [3.63, 3.8) is 0 Å². The van der Waals surface area contributed by atoms with Gasteiger partial charge in [0.15, 0.2) is 0 Å². The van der Waals surface area contributed by atoms with E-state index in [9.17, 15) is 9.59 Å². The highest BCUT2D eigenvalue weighted by molar-refractivity contribution is 5.88. The van der Waals surface area contributed by atoms with Gasteiger partial charge in [0.05, 0.1) is 12.2 Å². The molecule has 7 heteroatoms. The van der Waals surface area contributed by atoms with Gasteiger partial charge in [0.2, 0.25) is 5.91 Å². The molecule has 1 aromatic heterocycles. The van der Waals surface area contributed by atoms with Gasteiger partial charge < -0.3 is 10.0 Å². The lowest BCUT2D eigenvalue weighted by Gasteiger charge is -2.23. The zero-order valence-electron chi connectivity index (χ0n) is 12.0. The Kier molecular flexibility index (Phi) is 6.05. The van der Waals surface area contributed by atoms with Crippen molar-refractivity contribution >= 4 is 11.9 Å². The summed E-state index contributed by atoms with van der Waals surface area (Å²) in [5.41, 5.74) is 0.499. The molecule has 0 aliphatic rings. The SMILES string of the molecule is CCCN(CC(=O)N(C)C)Cc1ncncc1C(=O)O. The third-order valence-electron chi connectivity index (χ3n) is 2.80. The van der Waals surface area contributed by atoms with E-state index in [2.05, 4.69) is 9.97 Å². The Balaban J connectivity index is 2.85. The highest BCUT2D eigenvalue weighted by atomic mass is 16.4. The van der Waals surface area contributed by atoms with E-state index in [0.29, 0.717) is 18.8 Å². The lowest BCUT2D eigenvalue weighted by molar-refractivity contribution is -0.130. The Morgan fingerprint density at radius 2 is 2.05 bits per heavy atom. The van der Waals surface area contributed by atoms with Gasteiger partial charge in [-0.05, 0) is 13.0 Å². The van der Waals surface area contributed by atoms with E-state index < -0.39 is 5.97 Å². The minimum atomic E-state index is -1.06. The topological polar surface area (TPSA) is 86.6 Å². The van der Waals surface area contributed by atoms with Crippen molar-refractivity contribution in [2.24, 2.45) is 0 Å². The van der Waals surface area contributed by atoms with E-state index in [1.54, 1.807) is 14.1 Å². The van der Waals surface area contributed by atoms with Gasteiger partial charge in [-0.2, -0.15) is 0 Å². The Morgan fingerprint density at radius 3 is 2.60 bits per heavy atom. The minimum Gasteiger partial charge on any atom is -0.478 e. The predicted octanol–water partition coefficient (Wildman–Crippen LogP) is 0.475. The molecular formula is C13H20N4O3. The van der Waals surface area contributed by atoms with Crippen LogP contribution in [-0.2, 0) is 11.3 Å². The number of hydrogen-bond donors (Lipinski definition) is 1. The fourth-order valence-electron chi connectivity index (χ4n) is 1.73. The molecule has 1 N–H and O–H groups in total. The van der Waals surface area contributed by atoms with Crippen molar-refractivity contribution in [1.82, 2.24) is 19.8 Å². The molecule has 0 aliphatic carbocycles. The molecule has 0 unspecified atom stereocenters. The Bertz CT molecular complexity index is 476. The van der Waals surface area contributed by atoms with E-state index in [0.717, 1.165) is 6.42 Å². The van der Waals surface area contributed by atoms with Crippen LogP contribution in [0.2, 0.25) is 0 Å². The van der Waals surface area contributed by atoms with Crippen molar-refractivity contribution in [3.8, 4) is 0 Å². The maximum atomic E-state index is 11.8. The molecule has 0 atom stereocenters. The van der Waals surface area contributed by atoms with Crippen molar-refractivity contribution < 1.29 is 14.7 Å². The first kappa shape index (κ1) is 16.0. The first-order valence-electron chi connectivity index (χ1n) is 6.40. The lowest BCUT2D eigenvalue weighted by Crippen LogP contribution is -2.37. The quantitative estimate of drug-likeness (QED) is 0.781. The number of rotatable bonds is 7. The third-order valence-corrected chi connectivity index (χ3v) is 2.80. The molecule has 0 bridgehead atoms. The van der Waals surface area contributed by atoms with Gasteiger partial charge in [0.1, 0.15) is 11.9 Å². The number of carboxylic acids is 1. The van der Waals surface area contributed by atoms with Crippen LogP contribution < -0.4 is 0 Å². The summed E-state index contributed by atoms with van der Waals surface area (Å²) in [6, 6.07) is 0. The molecule has 1 aromatic rings. The van der Waals surface area contributed by atoms with Gasteiger partial charge in [-0.3, -0.25) is 9.69 Å². The van der Waals surface area contributed by atoms with Crippen molar-refractivity contribution in [3.05, 3.63) is 23.8 Å². The number of likely N-dealkylation sites (N-methyl/N-ethyl adjacent to an activating group) is 1. The first-order valence-corrected chi connectivity index (χ1v) is 6.40. The molecule has 110 valence electrons. The van der Waals surface area contributed by atoms with E-state index >= 15 is 0 Å². The smallest absolute Gasteiger partial charge is 0.339 e. The van der Waals surface area contributed by atoms with Crippen LogP contribution in [0, 0.1) is 0 Å². The summed E-state index contributed by atoms with van der Waals surface area (Å²) >= 11 is 0. The maximum Gasteiger partial charge on any atom is 0.339 e. The van der Waals surface area contributed by atoms with E-state index in [1.807, 2.05) is 11.8 Å². The molecule has 20 heavy (non-hydrogen) atoms. The number of amides is 1. The second-order valence-corrected chi connectivity index (χ2v) is 4.69. The highest BCUT2D eigenvalue weighted by Crippen LogP contribution is 2.08. The van der Waals surface area contributed by atoms with Gasteiger partial charge in [-0.25, -0.2) is 14.8 Å². The number of aromatic nitrogens is 2. The second-order valence-electron chi connectivity index (χ2n) is 4.69. The second kappa shape index (κ2) is 7.54. The molecule has 7 nitrogen and oxygen atoms in total. The third kappa shape index (κ3) is 4.58. The van der Waals surface area contributed by atoms with Gasteiger partial charge in [0, 0.05) is 26.8 Å². The maximum absolute atomic E-state index is 11.8. The monoisotopic (exact) mass is 280 g/mol.